The Morgan fingerprint density at radius 3 is 1.89 bits per heavy atom. The van der Waals surface area contributed by atoms with Crippen molar-refractivity contribution in [1.82, 2.24) is 9.55 Å². The molecule has 0 atom stereocenters. The topological polar surface area (TPSA) is 33.5 Å². The fraction of sp³-hybridized carbons (Fsp3) is 0.186. The Bertz CT molecular complexity index is 3180. The molecule has 328 valence electrons. The third-order valence-corrected chi connectivity index (χ3v) is 12.7. The molecule has 0 fully saturated rings. The van der Waals surface area contributed by atoms with Crippen LogP contribution in [0.5, 0.6) is 11.5 Å². The van der Waals surface area contributed by atoms with Crippen molar-refractivity contribution < 1.29 is 25.8 Å². The second-order valence-corrected chi connectivity index (χ2v) is 19.5. The number of pyridine rings is 1. The second kappa shape index (κ2) is 16.9. The van der Waals surface area contributed by atoms with E-state index in [1.807, 2.05) is 12.3 Å². The molecule has 6 heteroatoms. The average molecular weight is 1030 g/mol. The molecule has 0 unspecified atom stereocenters. The number of aromatic nitrogens is 2. The zero-order chi connectivity index (χ0) is 44.4. The minimum atomic E-state index is -0.358. The Hall–Kier alpha value is -6.42. The Morgan fingerprint density at radius 2 is 1.17 bits per heavy atom. The van der Waals surface area contributed by atoms with Gasteiger partial charge in [-0.15, -0.1) is 53.6 Å². The van der Waals surface area contributed by atoms with E-state index in [9.17, 15) is 0 Å². The predicted molar refractivity (Wildman–Crippen MR) is 266 cm³/mol. The minimum absolute atomic E-state index is 0. The summed E-state index contributed by atoms with van der Waals surface area (Å²) in [5, 5.41) is 2.20. The molecular formula is C59H53N4OPt-3. The van der Waals surface area contributed by atoms with Crippen LogP contribution in [0.1, 0.15) is 77.6 Å². The Morgan fingerprint density at radius 1 is 0.508 bits per heavy atom. The summed E-state index contributed by atoms with van der Waals surface area (Å²) in [6, 6.07) is 65.7. The minimum Gasteiger partial charge on any atom is -0.509 e. The summed E-state index contributed by atoms with van der Waals surface area (Å²) >= 11 is 0. The zero-order valence-electron chi connectivity index (χ0n) is 38.3. The molecule has 1 aliphatic rings. The van der Waals surface area contributed by atoms with E-state index >= 15 is 0 Å². The van der Waals surface area contributed by atoms with Crippen molar-refractivity contribution in [3.8, 4) is 28.4 Å². The van der Waals surface area contributed by atoms with Gasteiger partial charge in [-0.3, -0.25) is 0 Å². The maximum absolute atomic E-state index is 6.97. The molecule has 1 aliphatic heterocycles. The van der Waals surface area contributed by atoms with Crippen LogP contribution in [-0.2, 0) is 37.3 Å². The number of para-hydroxylation sites is 2. The van der Waals surface area contributed by atoms with E-state index < -0.39 is 0 Å². The van der Waals surface area contributed by atoms with Crippen molar-refractivity contribution in [3.05, 3.63) is 211 Å². The van der Waals surface area contributed by atoms with Crippen LogP contribution in [0.2, 0.25) is 0 Å². The summed E-state index contributed by atoms with van der Waals surface area (Å²) in [6.45, 7) is 20.2. The van der Waals surface area contributed by atoms with E-state index in [0.29, 0.717) is 11.5 Å². The summed E-state index contributed by atoms with van der Waals surface area (Å²) in [5.41, 5.74) is 12.8. The summed E-state index contributed by atoms with van der Waals surface area (Å²) in [7, 11) is 0. The van der Waals surface area contributed by atoms with Gasteiger partial charge >= 0.3 is 0 Å². The molecule has 0 spiro atoms. The molecule has 2 aromatic heterocycles. The van der Waals surface area contributed by atoms with Gasteiger partial charge in [-0.2, -0.15) is 6.07 Å². The summed E-state index contributed by atoms with van der Waals surface area (Å²) in [5.74, 6) is 2.04. The molecule has 9 aromatic rings. The molecule has 65 heavy (non-hydrogen) atoms. The van der Waals surface area contributed by atoms with Crippen LogP contribution in [0.4, 0.5) is 22.7 Å². The normalized spacial score (nSPS) is 13.0. The fourth-order valence-electron chi connectivity index (χ4n) is 8.88. The Labute approximate surface area is 398 Å². The van der Waals surface area contributed by atoms with E-state index in [4.69, 9.17) is 9.72 Å². The summed E-state index contributed by atoms with van der Waals surface area (Å²) in [4.78, 5) is 9.47. The van der Waals surface area contributed by atoms with E-state index in [0.717, 1.165) is 61.5 Å². The number of fused-ring (bicyclic) bond motifs is 4. The van der Waals surface area contributed by atoms with Crippen molar-refractivity contribution in [2.75, 3.05) is 9.80 Å². The first-order chi connectivity index (χ1) is 30.7. The molecule has 0 saturated carbocycles. The largest absolute Gasteiger partial charge is 0.509 e. The van der Waals surface area contributed by atoms with Gasteiger partial charge in [0.15, 0.2) is 0 Å². The molecule has 0 radical (unpaired) electrons. The van der Waals surface area contributed by atoms with Gasteiger partial charge in [-0.25, -0.2) is 4.98 Å². The molecule has 0 saturated heterocycles. The monoisotopic (exact) mass is 1030 g/mol. The van der Waals surface area contributed by atoms with Crippen LogP contribution in [0.3, 0.4) is 0 Å². The van der Waals surface area contributed by atoms with Gasteiger partial charge in [0.1, 0.15) is 5.82 Å². The third kappa shape index (κ3) is 8.28. The third-order valence-electron chi connectivity index (χ3n) is 12.7. The Kier molecular flexibility index (Phi) is 11.4. The van der Waals surface area contributed by atoms with Crippen molar-refractivity contribution in [1.29, 1.82) is 0 Å². The van der Waals surface area contributed by atoms with Gasteiger partial charge in [-0.05, 0) is 91.9 Å². The van der Waals surface area contributed by atoms with Gasteiger partial charge in [0.05, 0.1) is 0 Å². The maximum atomic E-state index is 6.97. The average Bonchev–Trinajstić information content (AvgIpc) is 3.85. The first kappa shape index (κ1) is 43.8. The number of hydrogen-bond acceptors (Lipinski definition) is 4. The standard InChI is InChI=1S/C59H53N4O.Pt/c1-57(2,3)43-22-17-23-46(33-43)61-39-62(54-25-16-15-24-53(54)61)47-34-45(59(7,8)42-20-13-10-14-21-42)35-49(37-47)64-48-27-28-50-51-32-41(40-18-11-9-12-19-40)26-29-52(51)63(55(50)38-48)56-36-44(30-31-60-56)58(4,5)6;/h9-36,39H,1-8H3;/q-3;. The van der Waals surface area contributed by atoms with E-state index in [-0.39, 0.29) is 37.3 Å². The number of rotatable bonds is 8. The van der Waals surface area contributed by atoms with Gasteiger partial charge in [-0.1, -0.05) is 158 Å². The molecule has 0 amide bonds. The fourth-order valence-corrected chi connectivity index (χ4v) is 8.88. The first-order valence-electron chi connectivity index (χ1n) is 22.2. The first-order valence-corrected chi connectivity index (χ1v) is 22.2. The van der Waals surface area contributed by atoms with Crippen LogP contribution < -0.4 is 14.5 Å². The Balaban J connectivity index is 0.00000533. The van der Waals surface area contributed by atoms with Gasteiger partial charge < -0.3 is 19.1 Å². The molecule has 3 heterocycles. The van der Waals surface area contributed by atoms with Crippen LogP contribution in [-0.4, -0.2) is 9.55 Å². The molecule has 10 rings (SSSR count). The van der Waals surface area contributed by atoms with E-state index in [1.165, 1.54) is 22.3 Å². The second-order valence-electron chi connectivity index (χ2n) is 19.5. The predicted octanol–water partition coefficient (Wildman–Crippen LogP) is 15.6. The van der Waals surface area contributed by atoms with Gasteiger partial charge in [0.2, 0.25) is 0 Å². The van der Waals surface area contributed by atoms with Crippen molar-refractivity contribution in [2.24, 2.45) is 0 Å². The van der Waals surface area contributed by atoms with Crippen LogP contribution in [0.25, 0.3) is 38.8 Å². The van der Waals surface area contributed by atoms with Gasteiger partial charge in [0, 0.05) is 61.3 Å². The van der Waals surface area contributed by atoms with Crippen LogP contribution >= 0.6 is 0 Å². The number of benzene rings is 7. The van der Waals surface area contributed by atoms with E-state index in [1.54, 1.807) is 0 Å². The van der Waals surface area contributed by atoms with Crippen molar-refractivity contribution in [2.45, 2.75) is 71.6 Å². The number of anilines is 4. The molecule has 0 bridgehead atoms. The SMILES string of the molecule is CC(C)(C)c1cccc(N2[CH-]N(c3[c-]c(Oc4[c-]c5c(cc4)c4cc(-c6ccccc6)ccc4n5-c4cc(C(C)(C)C)ccn4)cc(C(C)(C)c4ccccc4)c3)c3ccccc32)c1.[Pt]. The smallest absolute Gasteiger partial charge is 0.135 e. The molecule has 5 nitrogen and oxygen atoms in total. The summed E-state index contributed by atoms with van der Waals surface area (Å²) in [6.07, 6.45) is 1.92. The van der Waals surface area contributed by atoms with Crippen LogP contribution in [0, 0.1) is 18.8 Å². The number of ether oxygens (including phenoxy) is 1. The molecule has 7 aromatic carbocycles. The summed E-state index contributed by atoms with van der Waals surface area (Å²) < 4.78 is 9.20. The number of nitrogens with zero attached hydrogens (tertiary/aromatic N) is 4. The van der Waals surface area contributed by atoms with Crippen LogP contribution in [0.15, 0.2) is 170 Å². The quantitative estimate of drug-likeness (QED) is 0.142. The molecule has 0 N–H and O–H groups in total. The van der Waals surface area contributed by atoms with Crippen molar-refractivity contribution >= 4 is 44.6 Å². The number of hydrogen-bond donors (Lipinski definition) is 0. The zero-order valence-corrected chi connectivity index (χ0v) is 40.5. The van der Waals surface area contributed by atoms with E-state index in [2.05, 4.69) is 246 Å². The van der Waals surface area contributed by atoms with Crippen molar-refractivity contribution in [3.63, 3.8) is 0 Å². The molecule has 0 aliphatic carbocycles. The van der Waals surface area contributed by atoms with Gasteiger partial charge in [0.25, 0.3) is 0 Å². The molecular weight excluding hydrogens is 976 g/mol. The maximum Gasteiger partial charge on any atom is 0.135 e.